The normalized spacial score (nSPS) is 25.7. The van der Waals surface area contributed by atoms with Crippen molar-refractivity contribution in [3.05, 3.63) is 35.9 Å². The van der Waals surface area contributed by atoms with E-state index in [4.69, 9.17) is 4.74 Å². The van der Waals surface area contributed by atoms with E-state index in [0.717, 1.165) is 49.7 Å². The summed E-state index contributed by atoms with van der Waals surface area (Å²) < 4.78 is 6.64. The topological polar surface area (TPSA) is 46.5 Å². The minimum Gasteiger partial charge on any atom is -1.00 e. The molecule has 1 N–H and O–H groups in total. The van der Waals surface area contributed by atoms with Gasteiger partial charge in [-0.2, -0.15) is 0 Å². The third kappa shape index (κ3) is 3.84. The molecule has 1 aromatic carbocycles. The van der Waals surface area contributed by atoms with E-state index >= 15 is 0 Å². The Balaban J connectivity index is 0.00000208. The predicted molar refractivity (Wildman–Crippen MR) is 88.6 cm³/mol. The molecule has 1 saturated carbocycles. The number of likely N-dealkylation sites (N-methyl/N-ethyl adjacent to an activating group) is 1. The van der Waals surface area contributed by atoms with E-state index in [0.29, 0.717) is 5.56 Å². The number of rotatable bonds is 4. The largest absolute Gasteiger partial charge is 1.00 e. The van der Waals surface area contributed by atoms with Crippen LogP contribution in [0.1, 0.15) is 37.7 Å². The maximum atomic E-state index is 12.9. The molecule has 2 aliphatic rings. The standard InChI is InChI=1S/C19H28NO3.BrH/c1-20(2)13-12-17(14-20)23-18(21)19(22,16-10-6-7-11-16)15-8-4-3-5-9-15;/h3-5,8-9,16-17,22H,6-7,10-14H2,1-2H3;1H/q+1;/p-1/t17-,19?;/m0./s1. The Labute approximate surface area is 155 Å². The zero-order valence-electron chi connectivity index (χ0n) is 14.6. The number of aliphatic hydroxyl groups is 1. The molecule has 2 atom stereocenters. The molecule has 4 nitrogen and oxygen atoms in total. The van der Waals surface area contributed by atoms with Crippen molar-refractivity contribution in [2.24, 2.45) is 5.92 Å². The first-order chi connectivity index (χ1) is 10.9. The minimum absolute atomic E-state index is 0. The number of ether oxygens (including phenoxy) is 1. The van der Waals surface area contributed by atoms with Gasteiger partial charge in [0.1, 0.15) is 6.54 Å². The maximum Gasteiger partial charge on any atom is 0.343 e. The number of esters is 1. The summed E-state index contributed by atoms with van der Waals surface area (Å²) in [5.41, 5.74) is -0.832. The van der Waals surface area contributed by atoms with Crippen LogP contribution in [0.25, 0.3) is 0 Å². The third-order valence-electron chi connectivity index (χ3n) is 5.50. The van der Waals surface area contributed by atoms with Crippen LogP contribution in [0.3, 0.4) is 0 Å². The van der Waals surface area contributed by atoms with Crippen LogP contribution in [0, 0.1) is 5.92 Å². The molecule has 1 unspecified atom stereocenters. The van der Waals surface area contributed by atoms with Gasteiger partial charge in [-0.15, -0.1) is 0 Å². The fraction of sp³-hybridized carbons (Fsp3) is 0.632. The molecule has 1 aliphatic heterocycles. The van der Waals surface area contributed by atoms with Crippen molar-refractivity contribution in [3.8, 4) is 0 Å². The summed E-state index contributed by atoms with van der Waals surface area (Å²) >= 11 is 0. The molecule has 0 spiro atoms. The maximum absolute atomic E-state index is 12.9. The van der Waals surface area contributed by atoms with Crippen molar-refractivity contribution in [1.29, 1.82) is 0 Å². The van der Waals surface area contributed by atoms with Crippen LogP contribution < -0.4 is 17.0 Å². The van der Waals surface area contributed by atoms with Crippen molar-refractivity contribution in [3.63, 3.8) is 0 Å². The van der Waals surface area contributed by atoms with E-state index in [-0.39, 0.29) is 29.0 Å². The summed E-state index contributed by atoms with van der Waals surface area (Å²) in [6.07, 6.45) is 4.68. The molecule has 0 radical (unpaired) electrons. The van der Waals surface area contributed by atoms with Gasteiger partial charge in [0.05, 0.1) is 20.6 Å². The molecular weight excluding hydrogens is 370 g/mol. The van der Waals surface area contributed by atoms with Gasteiger partial charge < -0.3 is 31.3 Å². The van der Waals surface area contributed by atoms with Gasteiger partial charge in [-0.1, -0.05) is 43.2 Å². The lowest BCUT2D eigenvalue weighted by Gasteiger charge is -2.33. The van der Waals surface area contributed by atoms with Gasteiger partial charge in [-0.3, -0.25) is 0 Å². The molecule has 1 aromatic rings. The lowest BCUT2D eigenvalue weighted by atomic mass is 9.80. The van der Waals surface area contributed by atoms with Crippen LogP contribution in [-0.4, -0.2) is 48.8 Å². The van der Waals surface area contributed by atoms with E-state index in [1.54, 1.807) is 0 Å². The smallest absolute Gasteiger partial charge is 0.343 e. The summed E-state index contributed by atoms with van der Waals surface area (Å²) in [5.74, 6) is -0.496. The molecule has 3 rings (SSSR count). The monoisotopic (exact) mass is 397 g/mol. The summed E-state index contributed by atoms with van der Waals surface area (Å²) in [6, 6.07) is 9.33. The first kappa shape index (κ1) is 19.4. The number of hydrogen-bond donors (Lipinski definition) is 1. The van der Waals surface area contributed by atoms with E-state index in [9.17, 15) is 9.90 Å². The van der Waals surface area contributed by atoms with Gasteiger partial charge >= 0.3 is 5.97 Å². The van der Waals surface area contributed by atoms with Crippen LogP contribution in [0.4, 0.5) is 0 Å². The fourth-order valence-corrected chi connectivity index (χ4v) is 4.12. The number of carbonyl (C=O) groups is 1. The van der Waals surface area contributed by atoms with Crippen molar-refractivity contribution in [1.82, 2.24) is 0 Å². The molecule has 1 saturated heterocycles. The molecule has 1 heterocycles. The number of nitrogens with zero attached hydrogens (tertiary/aromatic N) is 1. The zero-order chi connectivity index (χ0) is 16.5. The molecule has 0 amide bonds. The van der Waals surface area contributed by atoms with Crippen LogP contribution in [-0.2, 0) is 15.1 Å². The van der Waals surface area contributed by atoms with Crippen molar-refractivity contribution < 1.29 is 36.1 Å². The van der Waals surface area contributed by atoms with Crippen molar-refractivity contribution in [2.45, 2.75) is 43.8 Å². The summed E-state index contributed by atoms with van der Waals surface area (Å²) in [4.78, 5) is 12.9. The van der Waals surface area contributed by atoms with Gasteiger partial charge in [-0.05, 0) is 18.4 Å². The highest BCUT2D eigenvalue weighted by atomic mass is 79.9. The SMILES string of the molecule is C[N+]1(C)CC[C@H](OC(=O)C(O)(c2ccccc2)C2CCCC2)C1.[Br-]. The molecule has 24 heavy (non-hydrogen) atoms. The Morgan fingerprint density at radius 1 is 1.17 bits per heavy atom. The quantitative estimate of drug-likeness (QED) is 0.548. The number of hydrogen-bond acceptors (Lipinski definition) is 3. The molecule has 2 fully saturated rings. The second-order valence-corrected chi connectivity index (χ2v) is 7.77. The van der Waals surface area contributed by atoms with Crippen LogP contribution >= 0.6 is 0 Å². The highest BCUT2D eigenvalue weighted by Crippen LogP contribution is 2.42. The lowest BCUT2D eigenvalue weighted by Crippen LogP contribution is -3.00. The molecule has 0 bridgehead atoms. The van der Waals surface area contributed by atoms with Gasteiger partial charge in [0, 0.05) is 12.3 Å². The van der Waals surface area contributed by atoms with Gasteiger partial charge in [-0.25, -0.2) is 4.79 Å². The first-order valence-electron chi connectivity index (χ1n) is 8.73. The van der Waals surface area contributed by atoms with Gasteiger partial charge in [0.2, 0.25) is 0 Å². The lowest BCUT2D eigenvalue weighted by molar-refractivity contribution is -0.879. The Bertz CT molecular complexity index is 557. The highest BCUT2D eigenvalue weighted by Gasteiger charge is 2.49. The highest BCUT2D eigenvalue weighted by molar-refractivity contribution is 5.81. The summed E-state index contributed by atoms with van der Waals surface area (Å²) in [7, 11) is 4.29. The van der Waals surface area contributed by atoms with Crippen LogP contribution in [0.2, 0.25) is 0 Å². The van der Waals surface area contributed by atoms with Gasteiger partial charge in [0.15, 0.2) is 11.7 Å². The second kappa shape index (κ2) is 7.54. The number of benzene rings is 1. The van der Waals surface area contributed by atoms with E-state index in [2.05, 4.69) is 14.1 Å². The average molecular weight is 398 g/mol. The average Bonchev–Trinajstić information content (AvgIpc) is 3.17. The minimum atomic E-state index is -1.50. The summed E-state index contributed by atoms with van der Waals surface area (Å²) in [5, 5.41) is 11.4. The number of likely N-dealkylation sites (tertiary alicyclic amines) is 1. The molecular formula is C19H28BrNO3. The van der Waals surface area contributed by atoms with Gasteiger partial charge in [0.25, 0.3) is 0 Å². The van der Waals surface area contributed by atoms with E-state index in [1.807, 2.05) is 30.3 Å². The van der Waals surface area contributed by atoms with Crippen LogP contribution in [0.15, 0.2) is 30.3 Å². The van der Waals surface area contributed by atoms with Crippen molar-refractivity contribution in [2.75, 3.05) is 27.2 Å². The number of quaternary nitrogens is 1. The summed E-state index contributed by atoms with van der Waals surface area (Å²) in [6.45, 7) is 1.83. The Kier molecular flexibility index (Phi) is 6.10. The number of carbonyl (C=O) groups excluding carboxylic acids is 1. The molecule has 0 aromatic heterocycles. The van der Waals surface area contributed by atoms with Crippen LogP contribution in [0.5, 0.6) is 0 Å². The number of halogens is 1. The molecule has 134 valence electrons. The fourth-order valence-electron chi connectivity index (χ4n) is 4.12. The van der Waals surface area contributed by atoms with Crippen molar-refractivity contribution >= 4 is 5.97 Å². The Morgan fingerprint density at radius 3 is 2.33 bits per heavy atom. The second-order valence-electron chi connectivity index (χ2n) is 7.77. The zero-order valence-corrected chi connectivity index (χ0v) is 16.2. The Morgan fingerprint density at radius 2 is 1.79 bits per heavy atom. The molecule has 1 aliphatic carbocycles. The first-order valence-corrected chi connectivity index (χ1v) is 8.73. The van der Waals surface area contributed by atoms with E-state index in [1.165, 1.54) is 0 Å². The molecule has 5 heteroatoms. The Hall–Kier alpha value is -0.910. The third-order valence-corrected chi connectivity index (χ3v) is 5.50. The predicted octanol–water partition coefficient (Wildman–Crippen LogP) is -0.540. The van der Waals surface area contributed by atoms with E-state index < -0.39 is 11.6 Å².